The summed E-state index contributed by atoms with van der Waals surface area (Å²) >= 11 is 0. The topological polar surface area (TPSA) is 50.9 Å². The molecule has 0 amide bonds. The molecule has 54 valence electrons. The number of aliphatic hydroxyl groups excluding tert-OH is 1. The second-order valence-corrected chi connectivity index (χ2v) is 1.83. The third-order valence-electron chi connectivity index (χ3n) is 1.09. The van der Waals surface area contributed by atoms with Crippen LogP contribution in [0.25, 0.3) is 6.08 Å². The molecular formula is C6H9N3O. The molecule has 0 aliphatic carbocycles. The van der Waals surface area contributed by atoms with Crippen LogP contribution in [0.4, 0.5) is 0 Å². The average Bonchev–Trinajstić information content (AvgIpc) is 2.37. The fourth-order valence-corrected chi connectivity index (χ4v) is 0.619. The Bertz CT molecular complexity index is 219. The van der Waals surface area contributed by atoms with Gasteiger partial charge in [0.25, 0.3) is 0 Å². The monoisotopic (exact) mass is 139 g/mol. The van der Waals surface area contributed by atoms with Gasteiger partial charge in [0.05, 0.1) is 19.3 Å². The lowest BCUT2D eigenvalue weighted by Crippen LogP contribution is -2.01. The Labute approximate surface area is 58.8 Å². The highest BCUT2D eigenvalue weighted by Crippen LogP contribution is 1.92. The van der Waals surface area contributed by atoms with Crippen LogP contribution in [0.5, 0.6) is 0 Å². The van der Waals surface area contributed by atoms with E-state index in [0.29, 0.717) is 6.54 Å². The first-order valence-corrected chi connectivity index (χ1v) is 3.00. The maximum Gasteiger partial charge on any atom is 0.105 e. The van der Waals surface area contributed by atoms with Gasteiger partial charge in [-0.3, -0.25) is 0 Å². The summed E-state index contributed by atoms with van der Waals surface area (Å²) in [5.41, 5.74) is 0.730. The molecule has 10 heavy (non-hydrogen) atoms. The molecule has 1 aromatic rings. The van der Waals surface area contributed by atoms with Crippen molar-refractivity contribution in [3.8, 4) is 0 Å². The summed E-state index contributed by atoms with van der Waals surface area (Å²) in [4.78, 5) is 0. The maximum absolute atomic E-state index is 8.49. The van der Waals surface area contributed by atoms with Gasteiger partial charge >= 0.3 is 0 Å². The summed E-state index contributed by atoms with van der Waals surface area (Å²) in [5.74, 6) is 0. The summed E-state index contributed by atoms with van der Waals surface area (Å²) in [6.07, 6.45) is 3.34. The van der Waals surface area contributed by atoms with Crippen LogP contribution in [0.2, 0.25) is 0 Å². The van der Waals surface area contributed by atoms with Crippen molar-refractivity contribution in [1.29, 1.82) is 0 Å². The van der Waals surface area contributed by atoms with Crippen LogP contribution >= 0.6 is 0 Å². The van der Waals surface area contributed by atoms with Crippen LogP contribution in [0.3, 0.4) is 0 Å². The number of hydrogen-bond donors (Lipinski definition) is 1. The molecule has 0 unspecified atom stereocenters. The number of nitrogens with zero attached hydrogens (tertiary/aromatic N) is 3. The molecule has 4 nitrogen and oxygen atoms in total. The summed E-state index contributed by atoms with van der Waals surface area (Å²) in [7, 11) is 0. The van der Waals surface area contributed by atoms with Crippen molar-refractivity contribution in [2.45, 2.75) is 6.54 Å². The highest BCUT2D eigenvalue weighted by Gasteiger charge is 1.93. The van der Waals surface area contributed by atoms with Crippen molar-refractivity contribution < 1.29 is 5.11 Å². The Morgan fingerprint density at radius 3 is 3.10 bits per heavy atom. The molecule has 0 radical (unpaired) electrons. The first-order chi connectivity index (χ1) is 4.86. The van der Waals surface area contributed by atoms with Crippen LogP contribution in [0, 0.1) is 0 Å². The largest absolute Gasteiger partial charge is 0.394 e. The molecule has 0 atom stereocenters. The molecular weight excluding hydrogens is 130 g/mol. The van der Waals surface area contributed by atoms with Crippen LogP contribution in [0.1, 0.15) is 5.69 Å². The Morgan fingerprint density at radius 1 is 1.80 bits per heavy atom. The first kappa shape index (κ1) is 6.95. The number of aliphatic hydroxyl groups is 1. The van der Waals surface area contributed by atoms with E-state index in [2.05, 4.69) is 16.9 Å². The van der Waals surface area contributed by atoms with Crippen LogP contribution in [-0.4, -0.2) is 26.7 Å². The molecule has 0 aromatic carbocycles. The molecule has 0 saturated heterocycles. The van der Waals surface area contributed by atoms with Crippen molar-refractivity contribution in [3.05, 3.63) is 18.5 Å². The fraction of sp³-hybridized carbons (Fsp3) is 0.333. The summed E-state index contributed by atoms with van der Waals surface area (Å²) < 4.78 is 1.57. The second-order valence-electron chi connectivity index (χ2n) is 1.83. The van der Waals surface area contributed by atoms with Gasteiger partial charge < -0.3 is 5.11 Å². The molecule has 0 fully saturated rings. The minimum atomic E-state index is 0.0833. The highest BCUT2D eigenvalue weighted by molar-refractivity contribution is 5.38. The highest BCUT2D eigenvalue weighted by atomic mass is 16.3. The smallest absolute Gasteiger partial charge is 0.105 e. The maximum atomic E-state index is 8.49. The van der Waals surface area contributed by atoms with Crippen LogP contribution in [0.15, 0.2) is 12.8 Å². The van der Waals surface area contributed by atoms with Crippen molar-refractivity contribution in [2.75, 3.05) is 6.61 Å². The van der Waals surface area contributed by atoms with Crippen LogP contribution < -0.4 is 0 Å². The molecule has 0 spiro atoms. The quantitative estimate of drug-likeness (QED) is 0.636. The lowest BCUT2D eigenvalue weighted by atomic mass is 10.5. The van der Waals surface area contributed by atoms with Gasteiger partial charge in [-0.2, -0.15) is 0 Å². The zero-order chi connectivity index (χ0) is 7.40. The third kappa shape index (κ3) is 1.41. The van der Waals surface area contributed by atoms with E-state index in [1.165, 1.54) is 0 Å². The molecule has 4 heteroatoms. The molecule has 0 aliphatic heterocycles. The van der Waals surface area contributed by atoms with Crippen LogP contribution in [-0.2, 0) is 6.54 Å². The van der Waals surface area contributed by atoms with E-state index in [0.717, 1.165) is 5.69 Å². The Morgan fingerprint density at radius 2 is 2.60 bits per heavy atom. The van der Waals surface area contributed by atoms with Gasteiger partial charge in [0.2, 0.25) is 0 Å². The molecule has 1 aromatic heterocycles. The number of rotatable bonds is 3. The Balaban J connectivity index is 2.68. The minimum Gasteiger partial charge on any atom is -0.394 e. The predicted octanol–water partition coefficient (Wildman–Crippen LogP) is -0.0866. The van der Waals surface area contributed by atoms with Gasteiger partial charge in [0, 0.05) is 0 Å². The molecule has 0 bridgehead atoms. The zero-order valence-corrected chi connectivity index (χ0v) is 5.56. The van der Waals surface area contributed by atoms with Gasteiger partial charge in [0.1, 0.15) is 5.69 Å². The number of aromatic nitrogens is 3. The van der Waals surface area contributed by atoms with Gasteiger partial charge in [-0.1, -0.05) is 11.8 Å². The average molecular weight is 139 g/mol. The van der Waals surface area contributed by atoms with E-state index in [1.807, 2.05) is 0 Å². The molecule has 1 N–H and O–H groups in total. The molecule has 1 heterocycles. The fourth-order valence-electron chi connectivity index (χ4n) is 0.619. The lowest BCUT2D eigenvalue weighted by Gasteiger charge is -1.90. The van der Waals surface area contributed by atoms with Crippen molar-refractivity contribution in [2.24, 2.45) is 0 Å². The molecule has 1 rings (SSSR count). The van der Waals surface area contributed by atoms with Gasteiger partial charge in [-0.05, 0) is 6.08 Å². The molecule has 0 saturated carbocycles. The second kappa shape index (κ2) is 3.12. The zero-order valence-electron chi connectivity index (χ0n) is 5.56. The normalized spacial score (nSPS) is 9.70. The van der Waals surface area contributed by atoms with Crippen molar-refractivity contribution in [3.63, 3.8) is 0 Å². The van der Waals surface area contributed by atoms with Gasteiger partial charge in [0.15, 0.2) is 0 Å². The lowest BCUT2D eigenvalue weighted by molar-refractivity contribution is 0.268. The van der Waals surface area contributed by atoms with Gasteiger partial charge in [-0.25, -0.2) is 4.68 Å². The number of hydrogen-bond acceptors (Lipinski definition) is 3. The van der Waals surface area contributed by atoms with E-state index >= 15 is 0 Å². The van der Waals surface area contributed by atoms with E-state index in [4.69, 9.17) is 5.11 Å². The summed E-state index contributed by atoms with van der Waals surface area (Å²) in [6.45, 7) is 4.10. The summed E-state index contributed by atoms with van der Waals surface area (Å²) in [5, 5.41) is 15.9. The standard InChI is InChI=1S/C6H9N3O/c1-2-6-5-9(3-4-10)8-7-6/h2,5,10H,1,3-4H2. The van der Waals surface area contributed by atoms with Gasteiger partial charge in [-0.15, -0.1) is 5.10 Å². The predicted molar refractivity (Wildman–Crippen MR) is 37.2 cm³/mol. The Hall–Kier alpha value is -1.16. The minimum absolute atomic E-state index is 0.0833. The summed E-state index contributed by atoms with van der Waals surface area (Å²) in [6, 6.07) is 0. The molecule has 0 aliphatic rings. The van der Waals surface area contributed by atoms with Crippen molar-refractivity contribution in [1.82, 2.24) is 15.0 Å². The van der Waals surface area contributed by atoms with E-state index < -0.39 is 0 Å². The van der Waals surface area contributed by atoms with Crippen molar-refractivity contribution >= 4 is 6.08 Å². The third-order valence-corrected chi connectivity index (χ3v) is 1.09. The van der Waals surface area contributed by atoms with E-state index in [9.17, 15) is 0 Å². The first-order valence-electron chi connectivity index (χ1n) is 3.00. The van der Waals surface area contributed by atoms with E-state index in [-0.39, 0.29) is 6.61 Å². The van der Waals surface area contributed by atoms with E-state index in [1.54, 1.807) is 17.0 Å². The Kier molecular flexibility index (Phi) is 2.17. The SMILES string of the molecule is C=Cc1cn(CCO)nn1.